The molecule has 0 bridgehead atoms. The van der Waals surface area contributed by atoms with Crippen molar-refractivity contribution in [2.45, 2.75) is 44.3 Å². The lowest BCUT2D eigenvalue weighted by Crippen LogP contribution is -2.42. The van der Waals surface area contributed by atoms with Gasteiger partial charge in [-0.1, -0.05) is 18.2 Å². The lowest BCUT2D eigenvalue weighted by atomic mass is 10.1. The Kier molecular flexibility index (Phi) is 10.9. The number of para-hydroxylation sites is 1. The molecular weight excluding hydrogens is 526 g/mol. The van der Waals surface area contributed by atoms with E-state index in [4.69, 9.17) is 24.5 Å². The van der Waals surface area contributed by atoms with E-state index in [-0.39, 0.29) is 0 Å². The van der Waals surface area contributed by atoms with Crippen LogP contribution in [0.3, 0.4) is 0 Å². The topological polar surface area (TPSA) is 108 Å². The standard InChI is InChI=1S/C19H26N4O.2C2HF3O2/c1-24-19-7-3-2-6-16(19)12-22-13-17-8-9-20-23(17)18(15-22)14-21-10-4-5-11-21;2*3-2(4,5)1(6)7/h2-3,6-9,18H,4-5,10-15H2,1H3;2*(H,6,7). The molecule has 2 aromatic rings. The van der Waals surface area contributed by atoms with Gasteiger partial charge in [-0.25, -0.2) is 9.59 Å². The molecule has 0 radical (unpaired) electrons. The van der Waals surface area contributed by atoms with Crippen LogP contribution >= 0.6 is 0 Å². The van der Waals surface area contributed by atoms with Crippen molar-refractivity contribution in [3.8, 4) is 5.75 Å². The van der Waals surface area contributed by atoms with E-state index in [1.54, 1.807) is 7.11 Å². The number of aliphatic carboxylic acids is 2. The van der Waals surface area contributed by atoms with E-state index in [0.717, 1.165) is 31.9 Å². The third-order valence-corrected chi connectivity index (χ3v) is 5.69. The van der Waals surface area contributed by atoms with Crippen LogP contribution in [0.15, 0.2) is 36.5 Å². The van der Waals surface area contributed by atoms with Crippen LogP contribution in [0.25, 0.3) is 0 Å². The molecule has 2 aliphatic heterocycles. The summed E-state index contributed by atoms with van der Waals surface area (Å²) in [5.74, 6) is -4.53. The Morgan fingerprint density at radius 1 is 0.974 bits per heavy atom. The van der Waals surface area contributed by atoms with Crippen LogP contribution in [0.2, 0.25) is 0 Å². The van der Waals surface area contributed by atoms with Gasteiger partial charge >= 0.3 is 24.3 Å². The van der Waals surface area contributed by atoms with Gasteiger partial charge in [-0.15, -0.1) is 0 Å². The predicted molar refractivity (Wildman–Crippen MR) is 121 cm³/mol. The van der Waals surface area contributed by atoms with Crippen LogP contribution in [0, 0.1) is 0 Å². The van der Waals surface area contributed by atoms with E-state index >= 15 is 0 Å². The Hall–Kier alpha value is -3.33. The molecule has 3 heterocycles. The molecular formula is C23H28F6N4O5. The van der Waals surface area contributed by atoms with E-state index in [1.165, 1.54) is 37.2 Å². The van der Waals surface area contributed by atoms with E-state index < -0.39 is 24.3 Å². The number of benzene rings is 1. The van der Waals surface area contributed by atoms with Crippen LogP contribution in [-0.4, -0.2) is 87.4 Å². The fourth-order valence-corrected chi connectivity index (χ4v) is 4.06. The first kappa shape index (κ1) is 30.9. The zero-order valence-corrected chi connectivity index (χ0v) is 20.4. The molecule has 2 N–H and O–H groups in total. The van der Waals surface area contributed by atoms with Crippen molar-refractivity contribution in [3.05, 3.63) is 47.8 Å². The molecule has 2 aliphatic rings. The molecule has 1 aromatic heterocycles. The highest BCUT2D eigenvalue weighted by Crippen LogP contribution is 2.26. The van der Waals surface area contributed by atoms with Gasteiger partial charge in [0, 0.05) is 37.9 Å². The first-order chi connectivity index (χ1) is 17.7. The summed E-state index contributed by atoms with van der Waals surface area (Å²) in [7, 11) is 1.75. The normalized spacial score (nSPS) is 17.9. The lowest BCUT2D eigenvalue weighted by Gasteiger charge is -2.36. The fourth-order valence-electron chi connectivity index (χ4n) is 4.06. The van der Waals surface area contributed by atoms with E-state index in [0.29, 0.717) is 6.04 Å². The number of likely N-dealkylation sites (tertiary alicyclic amines) is 1. The molecule has 1 unspecified atom stereocenters. The Morgan fingerprint density at radius 2 is 1.53 bits per heavy atom. The Balaban J connectivity index is 0.000000301. The van der Waals surface area contributed by atoms with Gasteiger partial charge < -0.3 is 19.8 Å². The SMILES string of the molecule is COc1ccccc1CN1Cc2ccnn2C(CN2CCCC2)C1.O=C(O)C(F)(F)F.O=C(O)C(F)(F)F. The van der Waals surface area contributed by atoms with Crippen molar-refractivity contribution in [1.29, 1.82) is 0 Å². The molecule has 0 aliphatic carbocycles. The number of hydrogen-bond acceptors (Lipinski definition) is 6. The predicted octanol–water partition coefficient (Wildman–Crippen LogP) is 3.81. The van der Waals surface area contributed by atoms with Gasteiger partial charge in [-0.3, -0.25) is 9.58 Å². The van der Waals surface area contributed by atoms with Crippen molar-refractivity contribution < 1.29 is 50.9 Å². The third kappa shape index (κ3) is 9.52. The monoisotopic (exact) mass is 554 g/mol. The summed E-state index contributed by atoms with van der Waals surface area (Å²) in [6, 6.07) is 10.9. The number of fused-ring (bicyclic) bond motifs is 1. The number of carboxylic acid groups (broad SMARTS) is 2. The summed E-state index contributed by atoms with van der Waals surface area (Å²) in [5.41, 5.74) is 2.58. The quantitative estimate of drug-likeness (QED) is 0.538. The average molecular weight is 554 g/mol. The number of ether oxygens (including phenoxy) is 1. The number of halogens is 6. The second-order valence-corrected chi connectivity index (χ2v) is 8.52. The maximum absolute atomic E-state index is 10.6. The van der Waals surface area contributed by atoms with E-state index in [9.17, 15) is 26.3 Å². The molecule has 4 rings (SSSR count). The first-order valence-electron chi connectivity index (χ1n) is 11.4. The third-order valence-electron chi connectivity index (χ3n) is 5.69. The van der Waals surface area contributed by atoms with Crippen molar-refractivity contribution in [2.24, 2.45) is 0 Å². The largest absolute Gasteiger partial charge is 0.496 e. The number of aromatic nitrogens is 2. The van der Waals surface area contributed by atoms with Crippen LogP contribution < -0.4 is 4.74 Å². The van der Waals surface area contributed by atoms with Crippen LogP contribution in [0.1, 0.15) is 30.1 Å². The summed E-state index contributed by atoms with van der Waals surface area (Å²) in [6.45, 7) is 6.50. The molecule has 0 spiro atoms. The van der Waals surface area contributed by atoms with Crippen LogP contribution in [-0.2, 0) is 22.7 Å². The molecule has 0 amide bonds. The van der Waals surface area contributed by atoms with Gasteiger partial charge in [0.1, 0.15) is 5.75 Å². The molecule has 15 heteroatoms. The maximum Gasteiger partial charge on any atom is 0.490 e. The van der Waals surface area contributed by atoms with Gasteiger partial charge in [0.25, 0.3) is 0 Å². The minimum Gasteiger partial charge on any atom is -0.496 e. The molecule has 1 aromatic carbocycles. The highest BCUT2D eigenvalue weighted by molar-refractivity contribution is 5.73. The number of methoxy groups -OCH3 is 1. The highest BCUT2D eigenvalue weighted by Gasteiger charge is 2.39. The van der Waals surface area contributed by atoms with Crippen LogP contribution in [0.4, 0.5) is 26.3 Å². The van der Waals surface area contributed by atoms with Gasteiger partial charge in [-0.05, 0) is 38.1 Å². The van der Waals surface area contributed by atoms with E-state index in [2.05, 4.69) is 37.8 Å². The molecule has 38 heavy (non-hydrogen) atoms. The molecule has 1 fully saturated rings. The number of alkyl halides is 6. The lowest BCUT2D eigenvalue weighted by molar-refractivity contribution is -0.193. The van der Waals surface area contributed by atoms with Crippen molar-refractivity contribution in [1.82, 2.24) is 19.6 Å². The van der Waals surface area contributed by atoms with Crippen molar-refractivity contribution in [2.75, 3.05) is 33.3 Å². The summed E-state index contributed by atoms with van der Waals surface area (Å²) >= 11 is 0. The molecule has 1 atom stereocenters. The van der Waals surface area contributed by atoms with Gasteiger partial charge in [-0.2, -0.15) is 31.4 Å². The zero-order chi connectivity index (χ0) is 28.5. The van der Waals surface area contributed by atoms with Gasteiger partial charge in [0.15, 0.2) is 0 Å². The highest BCUT2D eigenvalue weighted by atomic mass is 19.4. The number of nitrogens with zero attached hydrogens (tertiary/aromatic N) is 4. The van der Waals surface area contributed by atoms with Gasteiger partial charge in [0.05, 0.1) is 18.8 Å². The van der Waals surface area contributed by atoms with Crippen molar-refractivity contribution >= 4 is 11.9 Å². The second-order valence-electron chi connectivity index (χ2n) is 8.52. The first-order valence-corrected chi connectivity index (χ1v) is 11.4. The fraction of sp³-hybridized carbons (Fsp3) is 0.522. The second kappa shape index (κ2) is 13.5. The summed E-state index contributed by atoms with van der Waals surface area (Å²) in [5, 5.41) is 18.8. The molecule has 0 saturated carbocycles. The number of rotatable bonds is 5. The van der Waals surface area contributed by atoms with Crippen molar-refractivity contribution in [3.63, 3.8) is 0 Å². The number of carbonyl (C=O) groups is 2. The summed E-state index contributed by atoms with van der Waals surface area (Å²) in [6.07, 6.45) is -5.55. The minimum absolute atomic E-state index is 0.441. The maximum atomic E-state index is 10.6. The average Bonchev–Trinajstić information content (AvgIpc) is 3.51. The number of carboxylic acids is 2. The number of hydrogen-bond donors (Lipinski definition) is 2. The molecule has 1 saturated heterocycles. The smallest absolute Gasteiger partial charge is 0.490 e. The van der Waals surface area contributed by atoms with Crippen LogP contribution in [0.5, 0.6) is 5.75 Å². The molecule has 212 valence electrons. The Labute approximate surface area is 214 Å². The van der Waals surface area contributed by atoms with E-state index in [1.807, 2.05) is 18.3 Å². The summed E-state index contributed by atoms with van der Waals surface area (Å²) in [4.78, 5) is 22.9. The Morgan fingerprint density at radius 3 is 2.05 bits per heavy atom. The minimum atomic E-state index is -5.08. The summed E-state index contributed by atoms with van der Waals surface area (Å²) < 4.78 is 71.2. The van der Waals surface area contributed by atoms with Gasteiger partial charge in [0.2, 0.25) is 0 Å². The Bertz CT molecular complexity index is 1030. The molecule has 9 nitrogen and oxygen atoms in total. The zero-order valence-electron chi connectivity index (χ0n) is 20.4.